The Bertz CT molecular complexity index is 939. The van der Waals surface area contributed by atoms with Crippen LogP contribution < -0.4 is 4.90 Å². The van der Waals surface area contributed by atoms with Gasteiger partial charge in [0.05, 0.1) is 12.1 Å². The van der Waals surface area contributed by atoms with Gasteiger partial charge in [0.2, 0.25) is 0 Å². The van der Waals surface area contributed by atoms with Crippen LogP contribution in [0.4, 0.5) is 5.69 Å². The highest BCUT2D eigenvalue weighted by Gasteiger charge is 2.50. The highest BCUT2D eigenvalue weighted by atomic mass is 35.5. The molecule has 1 N–H and O–H groups in total. The minimum atomic E-state index is -1.87. The quantitative estimate of drug-likeness (QED) is 0.810. The van der Waals surface area contributed by atoms with Crippen LogP contribution in [0.1, 0.15) is 53.2 Å². The van der Waals surface area contributed by atoms with Crippen LogP contribution in [0.3, 0.4) is 0 Å². The molecular weight excluding hydrogens is 362 g/mol. The Labute approximate surface area is 163 Å². The third-order valence-corrected chi connectivity index (χ3v) is 5.93. The maximum absolute atomic E-state index is 13.0. The highest BCUT2D eigenvalue weighted by Crippen LogP contribution is 2.44. The summed E-state index contributed by atoms with van der Waals surface area (Å²) < 4.78 is 0. The molecule has 1 amide bonds. The van der Waals surface area contributed by atoms with Crippen LogP contribution in [0.15, 0.2) is 36.4 Å². The lowest BCUT2D eigenvalue weighted by molar-refractivity contribution is -0.135. The summed E-state index contributed by atoms with van der Waals surface area (Å²) in [5, 5.41) is 11.7. The first-order valence-corrected chi connectivity index (χ1v) is 9.81. The average molecular weight is 384 g/mol. The molecule has 1 aliphatic heterocycles. The summed E-state index contributed by atoms with van der Waals surface area (Å²) in [4.78, 5) is 27.4. The number of anilines is 1. The van der Waals surface area contributed by atoms with Gasteiger partial charge in [-0.3, -0.25) is 9.59 Å². The van der Waals surface area contributed by atoms with E-state index >= 15 is 0 Å². The second-order valence-corrected chi connectivity index (χ2v) is 7.80. The lowest BCUT2D eigenvalue weighted by Crippen LogP contribution is -2.41. The number of carbonyl (C=O) groups is 2. The molecule has 1 heterocycles. The summed E-state index contributed by atoms with van der Waals surface area (Å²) in [6, 6.07) is 10.7. The summed E-state index contributed by atoms with van der Waals surface area (Å²) >= 11 is 6.10. The number of Topliss-reactive ketones (excluding diaryl/α,β-unsaturated/α-hetero) is 1. The Balaban J connectivity index is 1.68. The van der Waals surface area contributed by atoms with E-state index in [0.717, 1.165) is 19.3 Å². The van der Waals surface area contributed by atoms with Crippen molar-refractivity contribution in [2.24, 2.45) is 0 Å². The number of ketones is 1. The molecular formula is C22H22ClNO3. The summed E-state index contributed by atoms with van der Waals surface area (Å²) in [7, 11) is 0. The van der Waals surface area contributed by atoms with Crippen molar-refractivity contribution in [2.75, 3.05) is 11.4 Å². The predicted octanol–water partition coefficient (Wildman–Crippen LogP) is 4.05. The van der Waals surface area contributed by atoms with Gasteiger partial charge in [-0.05, 0) is 68.0 Å². The van der Waals surface area contributed by atoms with E-state index in [1.54, 1.807) is 18.2 Å². The SMILES string of the molecule is CCN1C(=O)C(O)(CC(=O)c2ccc3c(c2)CCCC3)c2cc(Cl)ccc21. The first-order valence-electron chi connectivity index (χ1n) is 9.43. The molecule has 2 aliphatic rings. The molecule has 0 radical (unpaired) electrons. The third kappa shape index (κ3) is 2.97. The Kier molecular flexibility index (Phi) is 4.57. The van der Waals surface area contributed by atoms with E-state index in [9.17, 15) is 14.7 Å². The van der Waals surface area contributed by atoms with Crippen LogP contribution in [-0.4, -0.2) is 23.3 Å². The van der Waals surface area contributed by atoms with Gasteiger partial charge in [-0.15, -0.1) is 0 Å². The van der Waals surface area contributed by atoms with Crippen LogP contribution in [0.2, 0.25) is 5.02 Å². The minimum Gasteiger partial charge on any atom is -0.375 e. The van der Waals surface area contributed by atoms with Crippen LogP contribution >= 0.6 is 11.6 Å². The standard InChI is InChI=1S/C22H22ClNO3/c1-2-24-19-10-9-17(23)12-18(19)22(27,21(24)26)13-20(25)16-8-7-14-5-3-4-6-15(14)11-16/h7-12,27H,2-6,13H2,1H3. The molecule has 0 spiro atoms. The normalized spacial score (nSPS) is 21.1. The molecule has 0 bridgehead atoms. The molecule has 0 saturated heterocycles. The van der Waals surface area contributed by atoms with E-state index < -0.39 is 11.5 Å². The predicted molar refractivity (Wildman–Crippen MR) is 105 cm³/mol. The first kappa shape index (κ1) is 18.2. The van der Waals surface area contributed by atoms with Crippen molar-refractivity contribution >= 4 is 29.0 Å². The van der Waals surface area contributed by atoms with Gasteiger partial charge in [0.1, 0.15) is 0 Å². The molecule has 0 aromatic heterocycles. The number of nitrogens with zero attached hydrogens (tertiary/aromatic N) is 1. The van der Waals surface area contributed by atoms with Gasteiger partial charge in [-0.2, -0.15) is 0 Å². The number of halogens is 1. The lowest BCUT2D eigenvalue weighted by Gasteiger charge is -2.22. The van der Waals surface area contributed by atoms with E-state index in [2.05, 4.69) is 0 Å². The molecule has 4 rings (SSSR count). The van der Waals surface area contributed by atoms with E-state index in [0.29, 0.717) is 28.4 Å². The van der Waals surface area contributed by atoms with E-state index in [1.807, 2.05) is 25.1 Å². The molecule has 1 aliphatic carbocycles. The zero-order valence-electron chi connectivity index (χ0n) is 15.3. The van der Waals surface area contributed by atoms with Crippen LogP contribution in [0.5, 0.6) is 0 Å². The van der Waals surface area contributed by atoms with E-state index in [1.165, 1.54) is 22.4 Å². The van der Waals surface area contributed by atoms with Crippen molar-refractivity contribution in [3.63, 3.8) is 0 Å². The third-order valence-electron chi connectivity index (χ3n) is 5.70. The Morgan fingerprint density at radius 1 is 1.15 bits per heavy atom. The monoisotopic (exact) mass is 383 g/mol. The average Bonchev–Trinajstić information content (AvgIpc) is 2.88. The van der Waals surface area contributed by atoms with Crippen molar-refractivity contribution in [2.45, 2.75) is 44.6 Å². The van der Waals surface area contributed by atoms with Gasteiger partial charge in [0.25, 0.3) is 5.91 Å². The Hall–Kier alpha value is -2.17. The molecule has 0 fully saturated rings. The second-order valence-electron chi connectivity index (χ2n) is 7.36. The summed E-state index contributed by atoms with van der Waals surface area (Å²) in [5.74, 6) is -0.698. The van der Waals surface area contributed by atoms with E-state index in [-0.39, 0.29) is 12.2 Å². The number of hydrogen-bond donors (Lipinski definition) is 1. The number of fused-ring (bicyclic) bond motifs is 2. The Morgan fingerprint density at radius 2 is 1.89 bits per heavy atom. The topological polar surface area (TPSA) is 57.6 Å². The zero-order chi connectivity index (χ0) is 19.2. The van der Waals surface area contributed by atoms with Crippen molar-refractivity contribution in [3.8, 4) is 0 Å². The minimum absolute atomic E-state index is 0.233. The molecule has 2 aromatic rings. The van der Waals surface area contributed by atoms with Gasteiger partial charge < -0.3 is 10.0 Å². The molecule has 27 heavy (non-hydrogen) atoms. The molecule has 2 aromatic carbocycles. The first-order chi connectivity index (χ1) is 12.9. The summed E-state index contributed by atoms with van der Waals surface area (Å²) in [6.45, 7) is 2.26. The van der Waals surface area contributed by atoms with Gasteiger partial charge in [-0.25, -0.2) is 0 Å². The maximum Gasteiger partial charge on any atom is 0.264 e. The fourth-order valence-electron chi connectivity index (χ4n) is 4.25. The number of likely N-dealkylation sites (N-methyl/N-ethyl adjacent to an activating group) is 1. The van der Waals surface area contributed by atoms with Crippen molar-refractivity contribution in [1.29, 1.82) is 0 Å². The van der Waals surface area contributed by atoms with Crippen molar-refractivity contribution in [3.05, 3.63) is 63.7 Å². The molecule has 1 unspecified atom stereocenters. The smallest absolute Gasteiger partial charge is 0.264 e. The number of benzene rings is 2. The maximum atomic E-state index is 13.0. The highest BCUT2D eigenvalue weighted by molar-refractivity contribution is 6.31. The largest absolute Gasteiger partial charge is 0.375 e. The molecule has 140 valence electrons. The van der Waals surface area contributed by atoms with Crippen molar-refractivity contribution < 1.29 is 14.7 Å². The zero-order valence-corrected chi connectivity index (χ0v) is 16.1. The van der Waals surface area contributed by atoms with Gasteiger partial charge in [-0.1, -0.05) is 23.7 Å². The fourth-order valence-corrected chi connectivity index (χ4v) is 4.42. The fraction of sp³-hybridized carbons (Fsp3) is 0.364. The van der Waals surface area contributed by atoms with Crippen molar-refractivity contribution in [1.82, 2.24) is 0 Å². The number of aliphatic hydroxyl groups is 1. The molecule has 5 heteroatoms. The number of hydrogen-bond acceptors (Lipinski definition) is 3. The number of amides is 1. The molecule has 4 nitrogen and oxygen atoms in total. The summed E-state index contributed by atoms with van der Waals surface area (Å²) in [5.41, 5.74) is 2.21. The molecule has 0 saturated carbocycles. The van der Waals surface area contributed by atoms with Gasteiger partial charge in [0, 0.05) is 22.7 Å². The van der Waals surface area contributed by atoms with E-state index in [4.69, 9.17) is 11.6 Å². The lowest BCUT2D eigenvalue weighted by atomic mass is 9.85. The van der Waals surface area contributed by atoms with Crippen LogP contribution in [-0.2, 0) is 23.2 Å². The number of rotatable bonds is 4. The Morgan fingerprint density at radius 3 is 2.63 bits per heavy atom. The number of carbonyl (C=O) groups excluding carboxylic acids is 2. The van der Waals surface area contributed by atoms with Gasteiger partial charge >= 0.3 is 0 Å². The number of aryl methyl sites for hydroxylation is 2. The van der Waals surface area contributed by atoms with Gasteiger partial charge in [0.15, 0.2) is 11.4 Å². The van der Waals surface area contributed by atoms with Crippen LogP contribution in [0, 0.1) is 0 Å². The molecule has 1 atom stereocenters. The van der Waals surface area contributed by atoms with Crippen LogP contribution in [0.25, 0.3) is 0 Å². The second kappa shape index (κ2) is 6.77. The summed E-state index contributed by atoms with van der Waals surface area (Å²) in [6.07, 6.45) is 4.04.